The molecule has 0 saturated carbocycles. The molecule has 0 aliphatic heterocycles. The van der Waals surface area contributed by atoms with Gasteiger partial charge in [0.2, 0.25) is 5.91 Å². The number of halogens is 2. The Hall–Kier alpha value is -2.44. The van der Waals surface area contributed by atoms with E-state index in [-0.39, 0.29) is 18.4 Å². The topological polar surface area (TPSA) is 76.7 Å². The number of amides is 2. The van der Waals surface area contributed by atoms with E-state index in [9.17, 15) is 9.59 Å². The summed E-state index contributed by atoms with van der Waals surface area (Å²) in [5.74, 6) is 0.343. The van der Waals surface area contributed by atoms with Crippen molar-refractivity contribution < 1.29 is 19.1 Å². The number of rotatable bonds is 9. The van der Waals surface area contributed by atoms with Crippen LogP contribution < -0.4 is 20.1 Å². The van der Waals surface area contributed by atoms with Crippen LogP contribution in [0.2, 0.25) is 10.0 Å². The van der Waals surface area contributed by atoms with Crippen LogP contribution in [0.3, 0.4) is 0 Å². The Morgan fingerprint density at radius 2 is 1.68 bits per heavy atom. The maximum Gasteiger partial charge on any atom is 0.251 e. The van der Waals surface area contributed by atoms with Gasteiger partial charge in [-0.3, -0.25) is 9.59 Å². The largest absolute Gasteiger partial charge is 0.493 e. The van der Waals surface area contributed by atoms with Gasteiger partial charge in [-0.25, -0.2) is 0 Å². The molecule has 8 heteroatoms. The Labute approximate surface area is 174 Å². The van der Waals surface area contributed by atoms with Crippen molar-refractivity contribution in [2.24, 2.45) is 0 Å². The van der Waals surface area contributed by atoms with Gasteiger partial charge in [0.25, 0.3) is 5.91 Å². The lowest BCUT2D eigenvalue weighted by Gasteiger charge is -2.10. The van der Waals surface area contributed by atoms with E-state index in [0.29, 0.717) is 33.7 Å². The maximum atomic E-state index is 12.2. The first-order valence-corrected chi connectivity index (χ1v) is 9.41. The number of carbonyl (C=O) groups excluding carboxylic acids is 2. The molecule has 0 aliphatic rings. The molecular weight excluding hydrogens is 403 g/mol. The summed E-state index contributed by atoms with van der Waals surface area (Å²) in [6, 6.07) is 10.3. The molecular formula is C20H22Cl2N2O4. The SMILES string of the molecule is COc1ccc(C(=O)NCC(=O)NCCCc2ccc(Cl)c(Cl)c2)cc1OC. The predicted molar refractivity (Wildman–Crippen MR) is 110 cm³/mol. The molecule has 2 aromatic rings. The molecule has 0 saturated heterocycles. The Kier molecular flexibility index (Phi) is 8.42. The second-order valence-corrected chi connectivity index (χ2v) is 6.77. The van der Waals surface area contributed by atoms with Crippen molar-refractivity contribution in [2.75, 3.05) is 27.3 Å². The van der Waals surface area contributed by atoms with Crippen LogP contribution in [0.5, 0.6) is 11.5 Å². The van der Waals surface area contributed by atoms with E-state index in [4.69, 9.17) is 32.7 Å². The number of methoxy groups -OCH3 is 2. The predicted octanol–water partition coefficient (Wildman–Crippen LogP) is 3.49. The normalized spacial score (nSPS) is 10.3. The molecule has 2 amide bonds. The molecule has 150 valence electrons. The van der Waals surface area contributed by atoms with Crippen LogP contribution in [-0.4, -0.2) is 39.1 Å². The number of hydrogen-bond acceptors (Lipinski definition) is 4. The second kappa shape index (κ2) is 10.8. The van der Waals surface area contributed by atoms with Crippen LogP contribution in [0, 0.1) is 0 Å². The lowest BCUT2D eigenvalue weighted by atomic mass is 10.1. The third-order valence-electron chi connectivity index (χ3n) is 4.00. The van der Waals surface area contributed by atoms with Crippen LogP contribution >= 0.6 is 23.2 Å². The molecule has 0 radical (unpaired) electrons. The highest BCUT2D eigenvalue weighted by Crippen LogP contribution is 2.27. The summed E-state index contributed by atoms with van der Waals surface area (Å²) in [4.78, 5) is 24.1. The fourth-order valence-electron chi connectivity index (χ4n) is 2.52. The van der Waals surface area contributed by atoms with Crippen molar-refractivity contribution in [2.45, 2.75) is 12.8 Å². The van der Waals surface area contributed by atoms with Gasteiger partial charge in [-0.1, -0.05) is 29.3 Å². The van der Waals surface area contributed by atoms with Crippen molar-refractivity contribution in [1.29, 1.82) is 0 Å². The van der Waals surface area contributed by atoms with Gasteiger partial charge in [-0.2, -0.15) is 0 Å². The summed E-state index contributed by atoms with van der Waals surface area (Å²) in [5.41, 5.74) is 1.43. The molecule has 0 aliphatic carbocycles. The number of ether oxygens (including phenoxy) is 2. The molecule has 0 spiro atoms. The van der Waals surface area contributed by atoms with Crippen molar-refractivity contribution in [3.8, 4) is 11.5 Å². The molecule has 0 fully saturated rings. The van der Waals surface area contributed by atoms with E-state index < -0.39 is 0 Å². The van der Waals surface area contributed by atoms with Crippen LogP contribution in [0.4, 0.5) is 0 Å². The average molecular weight is 425 g/mol. The summed E-state index contributed by atoms with van der Waals surface area (Å²) >= 11 is 11.9. The minimum absolute atomic E-state index is 0.111. The molecule has 0 aromatic heterocycles. The summed E-state index contributed by atoms with van der Waals surface area (Å²) in [6.45, 7) is 0.380. The second-order valence-electron chi connectivity index (χ2n) is 5.95. The molecule has 28 heavy (non-hydrogen) atoms. The van der Waals surface area contributed by atoms with Gasteiger partial charge < -0.3 is 20.1 Å². The Morgan fingerprint density at radius 1 is 0.929 bits per heavy atom. The third kappa shape index (κ3) is 6.32. The molecule has 6 nitrogen and oxygen atoms in total. The van der Waals surface area contributed by atoms with Gasteiger partial charge >= 0.3 is 0 Å². The zero-order valence-corrected chi connectivity index (χ0v) is 17.2. The first-order chi connectivity index (χ1) is 13.4. The van der Waals surface area contributed by atoms with Crippen molar-refractivity contribution >= 4 is 35.0 Å². The molecule has 0 atom stereocenters. The Bertz CT molecular complexity index is 843. The zero-order valence-electron chi connectivity index (χ0n) is 15.7. The monoisotopic (exact) mass is 424 g/mol. The van der Waals surface area contributed by atoms with Gasteiger partial charge in [0.05, 0.1) is 30.8 Å². The van der Waals surface area contributed by atoms with E-state index >= 15 is 0 Å². The fraction of sp³-hybridized carbons (Fsp3) is 0.300. The van der Waals surface area contributed by atoms with Gasteiger partial charge in [0.15, 0.2) is 11.5 Å². The molecule has 0 bridgehead atoms. The van der Waals surface area contributed by atoms with Gasteiger partial charge in [-0.05, 0) is 48.7 Å². The molecule has 2 rings (SSSR count). The zero-order chi connectivity index (χ0) is 20.5. The lowest BCUT2D eigenvalue weighted by Crippen LogP contribution is -2.37. The molecule has 0 heterocycles. The number of hydrogen-bond donors (Lipinski definition) is 2. The highest BCUT2D eigenvalue weighted by molar-refractivity contribution is 6.42. The summed E-state index contributed by atoms with van der Waals surface area (Å²) < 4.78 is 10.3. The van der Waals surface area contributed by atoms with Gasteiger partial charge in [0.1, 0.15) is 0 Å². The van der Waals surface area contributed by atoms with E-state index in [1.807, 2.05) is 12.1 Å². The average Bonchev–Trinajstić information content (AvgIpc) is 2.71. The Balaban J connectivity index is 1.73. The van der Waals surface area contributed by atoms with Gasteiger partial charge in [0, 0.05) is 12.1 Å². The highest BCUT2D eigenvalue weighted by Gasteiger charge is 2.11. The standard InChI is InChI=1S/C20H22Cl2N2O4/c1-27-17-8-6-14(11-18(17)28-2)20(26)24-12-19(25)23-9-3-4-13-5-7-15(21)16(22)10-13/h5-8,10-11H,3-4,9,12H2,1-2H3,(H,23,25)(H,24,26). The summed E-state index contributed by atoms with van der Waals surface area (Å²) in [6.07, 6.45) is 1.50. The Morgan fingerprint density at radius 3 is 2.36 bits per heavy atom. The molecule has 0 unspecified atom stereocenters. The fourth-order valence-corrected chi connectivity index (χ4v) is 2.84. The number of aryl methyl sites for hydroxylation is 1. The van der Waals surface area contributed by atoms with Crippen LogP contribution in [-0.2, 0) is 11.2 Å². The van der Waals surface area contributed by atoms with E-state index in [1.54, 1.807) is 24.3 Å². The first-order valence-electron chi connectivity index (χ1n) is 8.65. The van der Waals surface area contributed by atoms with Crippen molar-refractivity contribution in [3.05, 3.63) is 57.6 Å². The highest BCUT2D eigenvalue weighted by atomic mass is 35.5. The summed E-state index contributed by atoms with van der Waals surface area (Å²) in [7, 11) is 3.01. The van der Waals surface area contributed by atoms with Crippen molar-refractivity contribution in [3.63, 3.8) is 0 Å². The first kappa shape index (κ1) is 21.9. The molecule has 2 N–H and O–H groups in total. The lowest BCUT2D eigenvalue weighted by molar-refractivity contribution is -0.120. The minimum Gasteiger partial charge on any atom is -0.493 e. The quantitative estimate of drug-likeness (QED) is 0.604. The van der Waals surface area contributed by atoms with Gasteiger partial charge in [-0.15, -0.1) is 0 Å². The van der Waals surface area contributed by atoms with Crippen molar-refractivity contribution in [1.82, 2.24) is 10.6 Å². The molecule has 2 aromatic carbocycles. The summed E-state index contributed by atoms with van der Waals surface area (Å²) in [5, 5.41) is 6.38. The minimum atomic E-state index is -0.369. The van der Waals surface area contributed by atoms with E-state index in [0.717, 1.165) is 18.4 Å². The van der Waals surface area contributed by atoms with Crippen LogP contribution in [0.15, 0.2) is 36.4 Å². The smallest absolute Gasteiger partial charge is 0.251 e. The number of carbonyl (C=O) groups is 2. The number of nitrogens with one attached hydrogen (secondary N) is 2. The van der Waals surface area contributed by atoms with E-state index in [2.05, 4.69) is 10.6 Å². The third-order valence-corrected chi connectivity index (χ3v) is 4.74. The van der Waals surface area contributed by atoms with Crippen LogP contribution in [0.25, 0.3) is 0 Å². The van der Waals surface area contributed by atoms with Crippen LogP contribution in [0.1, 0.15) is 22.3 Å². The number of benzene rings is 2. The van der Waals surface area contributed by atoms with E-state index in [1.165, 1.54) is 14.2 Å². The maximum absolute atomic E-state index is 12.2.